The van der Waals surface area contributed by atoms with Crippen LogP contribution in [0.1, 0.15) is 44.0 Å². The molecule has 17 heavy (non-hydrogen) atoms. The van der Waals surface area contributed by atoms with Gasteiger partial charge in [-0.15, -0.1) is 0 Å². The van der Waals surface area contributed by atoms with Crippen LogP contribution in [-0.4, -0.2) is 12.9 Å². The van der Waals surface area contributed by atoms with Gasteiger partial charge in [-0.05, 0) is 46.6 Å². The van der Waals surface area contributed by atoms with Crippen LogP contribution in [0.15, 0.2) is 18.2 Å². The lowest BCUT2D eigenvalue weighted by atomic mass is 9.88. The summed E-state index contributed by atoms with van der Waals surface area (Å²) >= 11 is 2.20. The van der Waals surface area contributed by atoms with Gasteiger partial charge in [0.2, 0.25) is 0 Å². The maximum absolute atomic E-state index is 12.0. The third-order valence-electron chi connectivity index (χ3n) is 2.58. The fraction of sp³-hybridized carbons (Fsp3) is 0.500. The lowest BCUT2D eigenvalue weighted by Gasteiger charge is -2.17. The van der Waals surface area contributed by atoms with Crippen molar-refractivity contribution in [2.45, 2.75) is 33.6 Å². The zero-order valence-corrected chi connectivity index (χ0v) is 13.0. The van der Waals surface area contributed by atoms with Gasteiger partial charge in [0, 0.05) is 12.0 Å². The topological polar surface area (TPSA) is 26.3 Å². The van der Waals surface area contributed by atoms with Crippen molar-refractivity contribution >= 4 is 28.4 Å². The molecule has 0 aliphatic heterocycles. The molecule has 2 nitrogen and oxygen atoms in total. The first-order chi connectivity index (χ1) is 7.83. The number of methoxy groups -OCH3 is 1. The highest BCUT2D eigenvalue weighted by molar-refractivity contribution is 14.1. The Morgan fingerprint density at radius 3 is 2.53 bits per heavy atom. The van der Waals surface area contributed by atoms with Crippen LogP contribution in [0.3, 0.4) is 0 Å². The molecule has 0 fully saturated rings. The van der Waals surface area contributed by atoms with Crippen molar-refractivity contribution in [3.8, 4) is 5.75 Å². The van der Waals surface area contributed by atoms with Crippen LogP contribution in [0.25, 0.3) is 0 Å². The van der Waals surface area contributed by atoms with Gasteiger partial charge in [0.1, 0.15) is 5.75 Å². The van der Waals surface area contributed by atoms with Gasteiger partial charge in [-0.2, -0.15) is 0 Å². The van der Waals surface area contributed by atoms with E-state index in [1.165, 1.54) is 0 Å². The quantitative estimate of drug-likeness (QED) is 0.600. The molecule has 94 valence electrons. The van der Waals surface area contributed by atoms with Crippen LogP contribution in [0.5, 0.6) is 5.75 Å². The van der Waals surface area contributed by atoms with E-state index < -0.39 is 0 Å². The highest BCUT2D eigenvalue weighted by Crippen LogP contribution is 2.25. The van der Waals surface area contributed by atoms with Gasteiger partial charge < -0.3 is 4.74 Å². The summed E-state index contributed by atoms with van der Waals surface area (Å²) in [6, 6.07) is 5.62. The summed E-state index contributed by atoms with van der Waals surface area (Å²) in [7, 11) is 1.63. The Morgan fingerprint density at radius 2 is 2.00 bits per heavy atom. The number of carbonyl (C=O) groups excluding carboxylic acids is 1. The molecule has 3 heteroatoms. The molecule has 0 aliphatic carbocycles. The first-order valence-corrected chi connectivity index (χ1v) is 6.78. The maximum Gasteiger partial charge on any atom is 0.163 e. The molecule has 0 atom stereocenters. The molecule has 0 spiro atoms. The molecule has 0 aromatic heterocycles. The lowest BCUT2D eigenvalue weighted by Crippen LogP contribution is -2.09. The van der Waals surface area contributed by atoms with E-state index in [4.69, 9.17) is 4.74 Å². The van der Waals surface area contributed by atoms with Crippen LogP contribution in [0.4, 0.5) is 0 Å². The van der Waals surface area contributed by atoms with Crippen LogP contribution in [0.2, 0.25) is 0 Å². The molecule has 1 rings (SSSR count). The number of ketones is 1. The van der Waals surface area contributed by atoms with Crippen molar-refractivity contribution in [2.24, 2.45) is 5.41 Å². The molecule has 0 radical (unpaired) electrons. The van der Waals surface area contributed by atoms with Gasteiger partial charge >= 0.3 is 0 Å². The number of hydrogen-bond acceptors (Lipinski definition) is 2. The van der Waals surface area contributed by atoms with E-state index in [0.29, 0.717) is 6.42 Å². The Hall–Kier alpha value is -0.580. The van der Waals surface area contributed by atoms with E-state index in [1.54, 1.807) is 7.11 Å². The van der Waals surface area contributed by atoms with Crippen LogP contribution in [0, 0.1) is 8.99 Å². The molecule has 0 heterocycles. The van der Waals surface area contributed by atoms with E-state index in [1.807, 2.05) is 18.2 Å². The minimum Gasteiger partial charge on any atom is -0.496 e. The van der Waals surface area contributed by atoms with Gasteiger partial charge in [-0.25, -0.2) is 0 Å². The monoisotopic (exact) mass is 346 g/mol. The predicted octanol–water partition coefficient (Wildman–Crippen LogP) is 4.31. The molecule has 0 aliphatic rings. The molecule has 0 bridgehead atoms. The normalized spacial score (nSPS) is 11.4. The number of Topliss-reactive ketones (excluding diaryl/α,β-unsaturated/α-hetero) is 1. The van der Waals surface area contributed by atoms with E-state index in [9.17, 15) is 4.79 Å². The molecular weight excluding hydrogens is 327 g/mol. The molecule has 0 unspecified atom stereocenters. The second kappa shape index (κ2) is 5.85. The van der Waals surface area contributed by atoms with Crippen molar-refractivity contribution < 1.29 is 9.53 Å². The Kier molecular flexibility index (Phi) is 4.98. The summed E-state index contributed by atoms with van der Waals surface area (Å²) < 4.78 is 6.25. The summed E-state index contributed by atoms with van der Waals surface area (Å²) in [5, 5.41) is 0. The summed E-state index contributed by atoms with van der Waals surface area (Å²) in [5.74, 6) is 0.960. The average Bonchev–Trinajstić information content (AvgIpc) is 2.25. The SMILES string of the molecule is COc1cc(C(=O)CCC(C)(C)C)ccc1I. The zero-order chi connectivity index (χ0) is 13.1. The number of halogens is 1. The third-order valence-corrected chi connectivity index (χ3v) is 3.47. The van der Waals surface area contributed by atoms with Crippen LogP contribution < -0.4 is 4.74 Å². The van der Waals surface area contributed by atoms with Gasteiger partial charge in [0.25, 0.3) is 0 Å². The second-order valence-corrected chi connectivity index (χ2v) is 6.50. The standard InChI is InChI=1S/C14H19IO2/c1-14(2,3)8-7-12(16)10-5-6-11(15)13(9-10)17-4/h5-6,9H,7-8H2,1-4H3. The Bertz CT molecular complexity index is 405. The predicted molar refractivity (Wildman–Crippen MR) is 78.7 cm³/mol. The van der Waals surface area contributed by atoms with Crippen LogP contribution >= 0.6 is 22.6 Å². The minimum atomic E-state index is 0.189. The molecular formula is C14H19IO2. The number of rotatable bonds is 4. The summed E-state index contributed by atoms with van der Waals surface area (Å²) in [5.41, 5.74) is 0.940. The van der Waals surface area contributed by atoms with E-state index in [2.05, 4.69) is 43.4 Å². The Morgan fingerprint density at radius 1 is 1.35 bits per heavy atom. The van der Waals surface area contributed by atoms with E-state index in [0.717, 1.165) is 21.3 Å². The molecule has 1 aromatic carbocycles. The number of ether oxygens (including phenoxy) is 1. The van der Waals surface area contributed by atoms with Crippen molar-refractivity contribution in [2.75, 3.05) is 7.11 Å². The van der Waals surface area contributed by atoms with E-state index in [-0.39, 0.29) is 11.2 Å². The Balaban J connectivity index is 2.76. The van der Waals surface area contributed by atoms with Crippen molar-refractivity contribution in [1.29, 1.82) is 0 Å². The molecule has 0 N–H and O–H groups in total. The highest BCUT2D eigenvalue weighted by atomic mass is 127. The fourth-order valence-corrected chi connectivity index (χ4v) is 2.02. The minimum absolute atomic E-state index is 0.189. The fourth-order valence-electron chi connectivity index (χ4n) is 1.47. The second-order valence-electron chi connectivity index (χ2n) is 5.33. The molecule has 0 amide bonds. The van der Waals surface area contributed by atoms with Crippen molar-refractivity contribution in [3.63, 3.8) is 0 Å². The van der Waals surface area contributed by atoms with Crippen LogP contribution in [-0.2, 0) is 0 Å². The number of hydrogen-bond donors (Lipinski definition) is 0. The summed E-state index contributed by atoms with van der Waals surface area (Å²) in [6.07, 6.45) is 1.49. The lowest BCUT2D eigenvalue weighted by molar-refractivity contribution is 0.0965. The Labute approximate surface area is 117 Å². The molecule has 0 saturated carbocycles. The van der Waals surface area contributed by atoms with E-state index >= 15 is 0 Å². The van der Waals surface area contributed by atoms with Gasteiger partial charge in [-0.3, -0.25) is 4.79 Å². The average molecular weight is 346 g/mol. The first kappa shape index (κ1) is 14.5. The summed E-state index contributed by atoms with van der Waals surface area (Å²) in [6.45, 7) is 6.44. The smallest absolute Gasteiger partial charge is 0.163 e. The number of carbonyl (C=O) groups is 1. The highest BCUT2D eigenvalue weighted by Gasteiger charge is 2.15. The van der Waals surface area contributed by atoms with Crippen molar-refractivity contribution in [1.82, 2.24) is 0 Å². The zero-order valence-electron chi connectivity index (χ0n) is 10.8. The first-order valence-electron chi connectivity index (χ1n) is 5.70. The maximum atomic E-state index is 12.0. The van der Waals surface area contributed by atoms with Crippen molar-refractivity contribution in [3.05, 3.63) is 27.3 Å². The summed E-state index contributed by atoms with van der Waals surface area (Å²) in [4.78, 5) is 12.0. The van der Waals surface area contributed by atoms with Gasteiger partial charge in [0.05, 0.1) is 10.7 Å². The van der Waals surface area contributed by atoms with Gasteiger partial charge in [0.15, 0.2) is 5.78 Å². The number of benzene rings is 1. The largest absolute Gasteiger partial charge is 0.496 e. The molecule has 0 saturated heterocycles. The molecule has 1 aromatic rings. The third kappa shape index (κ3) is 4.66. The van der Waals surface area contributed by atoms with Gasteiger partial charge in [-0.1, -0.05) is 26.8 Å².